The number of hydrogen-bond donors (Lipinski definition) is 2. The number of thiophene rings is 1. The van der Waals surface area contributed by atoms with Crippen LogP contribution in [0.15, 0.2) is 17.5 Å². The van der Waals surface area contributed by atoms with Gasteiger partial charge in [0.15, 0.2) is 0 Å². The first-order chi connectivity index (χ1) is 6.36. The van der Waals surface area contributed by atoms with E-state index in [1.807, 2.05) is 17.5 Å². The van der Waals surface area contributed by atoms with E-state index >= 15 is 0 Å². The Morgan fingerprint density at radius 2 is 2.62 bits per heavy atom. The van der Waals surface area contributed by atoms with Crippen molar-refractivity contribution in [3.05, 3.63) is 17.5 Å². The summed E-state index contributed by atoms with van der Waals surface area (Å²) in [4.78, 5) is 11.6. The molecule has 2 heterocycles. The summed E-state index contributed by atoms with van der Waals surface area (Å²) in [5.41, 5.74) is 0. The van der Waals surface area contributed by atoms with E-state index in [1.165, 1.54) is 0 Å². The number of hydrogen-bond acceptors (Lipinski definition) is 3. The highest BCUT2D eigenvalue weighted by atomic mass is 32.1. The third-order valence-corrected chi connectivity index (χ3v) is 2.98. The molecule has 3 nitrogen and oxygen atoms in total. The van der Waals surface area contributed by atoms with Gasteiger partial charge in [0, 0.05) is 6.54 Å². The van der Waals surface area contributed by atoms with Crippen molar-refractivity contribution in [1.29, 1.82) is 0 Å². The van der Waals surface area contributed by atoms with E-state index in [0.717, 1.165) is 24.5 Å². The first-order valence-electron chi connectivity index (χ1n) is 4.41. The van der Waals surface area contributed by atoms with Gasteiger partial charge in [-0.2, -0.15) is 0 Å². The van der Waals surface area contributed by atoms with E-state index in [4.69, 9.17) is 0 Å². The molecule has 4 heteroatoms. The van der Waals surface area contributed by atoms with Crippen molar-refractivity contribution in [1.82, 2.24) is 5.32 Å². The molecule has 1 aromatic heterocycles. The number of rotatable bonds is 2. The Hall–Kier alpha value is -0.870. The number of anilines is 1. The highest BCUT2D eigenvalue weighted by molar-refractivity contribution is 7.14. The van der Waals surface area contributed by atoms with Crippen LogP contribution in [0.25, 0.3) is 0 Å². The van der Waals surface area contributed by atoms with Crippen LogP contribution >= 0.6 is 11.3 Å². The lowest BCUT2D eigenvalue weighted by molar-refractivity contribution is -0.119. The molecule has 1 aliphatic heterocycles. The van der Waals surface area contributed by atoms with Crippen molar-refractivity contribution >= 4 is 22.2 Å². The van der Waals surface area contributed by atoms with Crippen LogP contribution in [0.1, 0.15) is 6.42 Å². The fraction of sp³-hybridized carbons (Fsp3) is 0.444. The van der Waals surface area contributed by atoms with Gasteiger partial charge in [-0.05, 0) is 30.5 Å². The van der Waals surface area contributed by atoms with Crippen molar-refractivity contribution in [2.24, 2.45) is 5.92 Å². The Morgan fingerprint density at radius 3 is 3.23 bits per heavy atom. The third kappa shape index (κ3) is 2.08. The van der Waals surface area contributed by atoms with Crippen molar-refractivity contribution in [2.45, 2.75) is 6.42 Å². The minimum Gasteiger partial charge on any atom is -0.317 e. The molecule has 2 rings (SSSR count). The molecule has 1 fully saturated rings. The van der Waals surface area contributed by atoms with E-state index in [1.54, 1.807) is 11.3 Å². The molecule has 1 aliphatic rings. The highest BCUT2D eigenvalue weighted by Gasteiger charge is 2.22. The summed E-state index contributed by atoms with van der Waals surface area (Å²) in [6, 6.07) is 3.86. The summed E-state index contributed by atoms with van der Waals surface area (Å²) in [7, 11) is 0. The Labute approximate surface area is 81.2 Å². The second kappa shape index (κ2) is 3.89. The van der Waals surface area contributed by atoms with Gasteiger partial charge in [0.05, 0.1) is 10.9 Å². The standard InChI is InChI=1S/C9H12N2OS/c12-9(7-3-4-10-6-7)11-8-2-1-5-13-8/h1-2,5,7,10H,3-4,6H2,(H,11,12). The predicted molar refractivity (Wildman–Crippen MR) is 53.9 cm³/mol. The fourth-order valence-electron chi connectivity index (χ4n) is 1.45. The molecule has 2 N–H and O–H groups in total. The molecule has 1 atom stereocenters. The molecule has 1 saturated heterocycles. The normalized spacial score (nSPS) is 21.7. The Balaban J connectivity index is 1.91. The molecule has 1 aromatic rings. The number of carbonyl (C=O) groups excluding carboxylic acids is 1. The number of carbonyl (C=O) groups is 1. The zero-order valence-corrected chi connectivity index (χ0v) is 8.06. The summed E-state index contributed by atoms with van der Waals surface area (Å²) in [6.45, 7) is 1.78. The van der Waals surface area contributed by atoms with Gasteiger partial charge in [0.25, 0.3) is 0 Å². The molecule has 0 spiro atoms. The lowest BCUT2D eigenvalue weighted by Gasteiger charge is -2.07. The van der Waals surface area contributed by atoms with Gasteiger partial charge < -0.3 is 10.6 Å². The summed E-state index contributed by atoms with van der Waals surface area (Å²) >= 11 is 1.56. The quantitative estimate of drug-likeness (QED) is 0.748. The molecular formula is C9H12N2OS. The topological polar surface area (TPSA) is 41.1 Å². The number of nitrogens with one attached hydrogen (secondary N) is 2. The molecule has 0 aliphatic carbocycles. The van der Waals surface area contributed by atoms with Crippen LogP contribution in [0.2, 0.25) is 0 Å². The van der Waals surface area contributed by atoms with Crippen molar-refractivity contribution in [2.75, 3.05) is 18.4 Å². The number of amides is 1. The first-order valence-corrected chi connectivity index (χ1v) is 5.29. The zero-order valence-electron chi connectivity index (χ0n) is 7.25. The molecule has 0 aromatic carbocycles. The monoisotopic (exact) mass is 196 g/mol. The third-order valence-electron chi connectivity index (χ3n) is 2.20. The van der Waals surface area contributed by atoms with Crippen LogP contribution < -0.4 is 10.6 Å². The van der Waals surface area contributed by atoms with E-state index in [0.29, 0.717) is 0 Å². The molecule has 13 heavy (non-hydrogen) atoms. The van der Waals surface area contributed by atoms with Crippen LogP contribution in [0.3, 0.4) is 0 Å². The maximum absolute atomic E-state index is 11.6. The molecule has 0 radical (unpaired) electrons. The summed E-state index contributed by atoms with van der Waals surface area (Å²) in [5, 5.41) is 8.98. The van der Waals surface area contributed by atoms with E-state index in [-0.39, 0.29) is 11.8 Å². The minimum absolute atomic E-state index is 0.146. The average Bonchev–Trinajstić information content (AvgIpc) is 2.74. The molecule has 1 unspecified atom stereocenters. The van der Waals surface area contributed by atoms with E-state index < -0.39 is 0 Å². The summed E-state index contributed by atoms with van der Waals surface area (Å²) in [5.74, 6) is 0.301. The zero-order chi connectivity index (χ0) is 9.10. The van der Waals surface area contributed by atoms with Crippen LogP contribution in [0.4, 0.5) is 5.00 Å². The Bertz CT molecular complexity index is 278. The molecular weight excluding hydrogens is 184 g/mol. The van der Waals surface area contributed by atoms with Gasteiger partial charge in [-0.15, -0.1) is 11.3 Å². The second-order valence-corrected chi connectivity index (χ2v) is 4.10. The first kappa shape index (κ1) is 8.72. The Morgan fingerprint density at radius 1 is 1.69 bits per heavy atom. The Kier molecular flexibility index (Phi) is 2.61. The maximum atomic E-state index is 11.6. The van der Waals surface area contributed by atoms with Crippen molar-refractivity contribution in [3.8, 4) is 0 Å². The van der Waals surface area contributed by atoms with Gasteiger partial charge in [-0.3, -0.25) is 4.79 Å². The fourth-order valence-corrected chi connectivity index (χ4v) is 2.07. The van der Waals surface area contributed by atoms with Crippen LogP contribution in [-0.4, -0.2) is 19.0 Å². The van der Waals surface area contributed by atoms with Crippen molar-refractivity contribution in [3.63, 3.8) is 0 Å². The summed E-state index contributed by atoms with van der Waals surface area (Å²) in [6.07, 6.45) is 0.956. The van der Waals surface area contributed by atoms with Crippen molar-refractivity contribution < 1.29 is 4.79 Å². The molecule has 1 amide bonds. The average molecular weight is 196 g/mol. The van der Waals surface area contributed by atoms with Gasteiger partial charge in [-0.1, -0.05) is 0 Å². The second-order valence-electron chi connectivity index (χ2n) is 3.16. The smallest absolute Gasteiger partial charge is 0.229 e. The van der Waals surface area contributed by atoms with Crippen LogP contribution in [0, 0.1) is 5.92 Å². The van der Waals surface area contributed by atoms with E-state index in [9.17, 15) is 4.79 Å². The molecule has 70 valence electrons. The van der Waals surface area contributed by atoms with Crippen LogP contribution in [0.5, 0.6) is 0 Å². The molecule has 0 bridgehead atoms. The summed E-state index contributed by atoms with van der Waals surface area (Å²) < 4.78 is 0. The predicted octanol–water partition coefficient (Wildman–Crippen LogP) is 1.30. The van der Waals surface area contributed by atoms with Gasteiger partial charge >= 0.3 is 0 Å². The SMILES string of the molecule is O=C(Nc1cccs1)C1CCNC1. The van der Waals surface area contributed by atoms with Crippen LogP contribution in [-0.2, 0) is 4.79 Å². The molecule has 0 saturated carbocycles. The van der Waals surface area contributed by atoms with Gasteiger partial charge in [0.1, 0.15) is 0 Å². The minimum atomic E-state index is 0.146. The lowest BCUT2D eigenvalue weighted by Crippen LogP contribution is -2.24. The van der Waals surface area contributed by atoms with Gasteiger partial charge in [-0.25, -0.2) is 0 Å². The van der Waals surface area contributed by atoms with E-state index in [2.05, 4.69) is 10.6 Å². The maximum Gasteiger partial charge on any atom is 0.229 e. The largest absolute Gasteiger partial charge is 0.317 e. The lowest BCUT2D eigenvalue weighted by atomic mass is 10.1. The highest BCUT2D eigenvalue weighted by Crippen LogP contribution is 2.17. The van der Waals surface area contributed by atoms with Gasteiger partial charge in [0.2, 0.25) is 5.91 Å².